The van der Waals surface area contributed by atoms with Crippen molar-refractivity contribution in [3.05, 3.63) is 35.9 Å². The van der Waals surface area contributed by atoms with Gasteiger partial charge < -0.3 is 5.11 Å². The van der Waals surface area contributed by atoms with E-state index in [-0.39, 0.29) is 12.5 Å². The number of hydrogen-bond donors (Lipinski definition) is 1. The first-order chi connectivity index (χ1) is 7.15. The predicted molar refractivity (Wildman–Crippen MR) is 59.7 cm³/mol. The summed E-state index contributed by atoms with van der Waals surface area (Å²) in [6.07, 6.45) is 0.147. The lowest BCUT2D eigenvalue weighted by Crippen LogP contribution is -2.26. The molecule has 3 nitrogen and oxygen atoms in total. The van der Waals surface area contributed by atoms with E-state index >= 15 is 0 Å². The molecule has 0 aliphatic heterocycles. The Morgan fingerprint density at radius 2 is 2.00 bits per heavy atom. The van der Waals surface area contributed by atoms with Crippen LogP contribution in [-0.2, 0) is 4.79 Å². The van der Waals surface area contributed by atoms with Gasteiger partial charge in [0.25, 0.3) is 0 Å². The molecule has 0 fully saturated rings. The van der Waals surface area contributed by atoms with Crippen LogP contribution in [0.3, 0.4) is 0 Å². The lowest BCUT2D eigenvalue weighted by atomic mass is 10.0. The van der Waals surface area contributed by atoms with E-state index in [1.807, 2.05) is 49.2 Å². The molecule has 0 bridgehead atoms. The van der Waals surface area contributed by atoms with Gasteiger partial charge in [0.1, 0.15) is 0 Å². The molecule has 82 valence electrons. The zero-order chi connectivity index (χ0) is 11.3. The smallest absolute Gasteiger partial charge is 0.305 e. The van der Waals surface area contributed by atoms with E-state index in [1.165, 1.54) is 0 Å². The summed E-state index contributed by atoms with van der Waals surface area (Å²) in [5, 5.41) is 8.86. The summed E-state index contributed by atoms with van der Waals surface area (Å²) in [4.78, 5) is 12.8. The highest BCUT2D eigenvalue weighted by molar-refractivity contribution is 5.67. The molecule has 1 rings (SSSR count). The number of hydrogen-bond acceptors (Lipinski definition) is 2. The van der Waals surface area contributed by atoms with Crippen LogP contribution in [0, 0.1) is 0 Å². The van der Waals surface area contributed by atoms with Crippen molar-refractivity contribution < 1.29 is 9.90 Å². The lowest BCUT2D eigenvalue weighted by molar-refractivity contribution is -0.138. The van der Waals surface area contributed by atoms with Crippen molar-refractivity contribution in [1.82, 2.24) is 4.90 Å². The van der Waals surface area contributed by atoms with E-state index in [1.54, 1.807) is 0 Å². The molecule has 1 N–H and O–H groups in total. The Bertz CT molecular complexity index is 311. The number of rotatable bonds is 5. The Morgan fingerprint density at radius 3 is 2.47 bits per heavy atom. The van der Waals surface area contributed by atoms with Crippen molar-refractivity contribution in [3.63, 3.8) is 0 Å². The van der Waals surface area contributed by atoms with Crippen LogP contribution >= 0.6 is 0 Å². The van der Waals surface area contributed by atoms with Crippen LogP contribution < -0.4 is 0 Å². The minimum atomic E-state index is -0.760. The van der Waals surface area contributed by atoms with Crippen molar-refractivity contribution in [3.8, 4) is 0 Å². The Kier molecular flexibility index (Phi) is 4.31. The second-order valence-electron chi connectivity index (χ2n) is 3.60. The molecule has 3 heteroatoms. The average Bonchev–Trinajstić information content (AvgIpc) is 2.26. The van der Waals surface area contributed by atoms with Crippen molar-refractivity contribution in [1.29, 1.82) is 0 Å². The molecule has 0 spiro atoms. The minimum absolute atomic E-state index is 0.0336. The Labute approximate surface area is 90.3 Å². The number of carboxylic acids is 1. The Morgan fingerprint density at radius 1 is 1.40 bits per heavy atom. The monoisotopic (exact) mass is 207 g/mol. The molecule has 0 radical (unpaired) electrons. The summed E-state index contributed by atoms with van der Waals surface area (Å²) >= 11 is 0. The maximum Gasteiger partial charge on any atom is 0.305 e. The fourth-order valence-corrected chi connectivity index (χ4v) is 1.59. The zero-order valence-electron chi connectivity index (χ0n) is 9.18. The second kappa shape index (κ2) is 5.51. The van der Waals surface area contributed by atoms with Crippen LogP contribution in [0.4, 0.5) is 0 Å². The quantitative estimate of drug-likeness (QED) is 0.804. The third kappa shape index (κ3) is 3.36. The molecule has 1 atom stereocenters. The normalized spacial score (nSPS) is 12.7. The molecule has 0 amide bonds. The second-order valence-corrected chi connectivity index (χ2v) is 3.60. The zero-order valence-corrected chi connectivity index (χ0v) is 9.18. The lowest BCUT2D eigenvalue weighted by Gasteiger charge is -2.25. The highest BCUT2D eigenvalue weighted by atomic mass is 16.4. The molecule has 0 saturated heterocycles. The van der Waals surface area contributed by atoms with Crippen LogP contribution in [0.2, 0.25) is 0 Å². The van der Waals surface area contributed by atoms with Gasteiger partial charge in [-0.2, -0.15) is 0 Å². The van der Waals surface area contributed by atoms with Gasteiger partial charge in [0.15, 0.2) is 0 Å². The van der Waals surface area contributed by atoms with Crippen LogP contribution in [0.25, 0.3) is 0 Å². The van der Waals surface area contributed by atoms with E-state index in [0.29, 0.717) is 0 Å². The molecule has 0 aliphatic carbocycles. The first-order valence-electron chi connectivity index (χ1n) is 5.12. The summed E-state index contributed by atoms with van der Waals surface area (Å²) < 4.78 is 0. The van der Waals surface area contributed by atoms with E-state index in [2.05, 4.69) is 0 Å². The Balaban J connectivity index is 2.86. The largest absolute Gasteiger partial charge is 0.481 e. The van der Waals surface area contributed by atoms with Crippen LogP contribution in [0.1, 0.15) is 24.9 Å². The summed E-state index contributed by atoms with van der Waals surface area (Å²) in [5.41, 5.74) is 1.06. The molecule has 0 heterocycles. The summed E-state index contributed by atoms with van der Waals surface area (Å²) in [6, 6.07) is 9.72. The topological polar surface area (TPSA) is 40.5 Å². The molecular weight excluding hydrogens is 190 g/mol. The summed E-state index contributed by atoms with van der Waals surface area (Å²) in [6.45, 7) is 2.87. The van der Waals surface area contributed by atoms with Crippen molar-refractivity contribution >= 4 is 5.97 Å². The van der Waals surface area contributed by atoms with Crippen molar-refractivity contribution in [2.45, 2.75) is 19.4 Å². The molecule has 1 aromatic carbocycles. The van der Waals surface area contributed by atoms with Gasteiger partial charge in [0.05, 0.1) is 6.42 Å². The number of benzene rings is 1. The highest BCUT2D eigenvalue weighted by Crippen LogP contribution is 2.22. The van der Waals surface area contributed by atoms with Crippen molar-refractivity contribution in [2.24, 2.45) is 0 Å². The number of carboxylic acid groups (broad SMARTS) is 1. The molecule has 1 unspecified atom stereocenters. The first-order valence-corrected chi connectivity index (χ1v) is 5.12. The maximum atomic E-state index is 10.8. The van der Waals surface area contributed by atoms with Crippen LogP contribution in [0.5, 0.6) is 0 Å². The summed E-state index contributed by atoms with van der Waals surface area (Å²) in [7, 11) is 1.95. The molecule has 0 saturated carbocycles. The maximum absolute atomic E-state index is 10.8. The van der Waals surface area contributed by atoms with Gasteiger partial charge in [0, 0.05) is 6.04 Å². The molecule has 1 aromatic rings. The van der Waals surface area contributed by atoms with Gasteiger partial charge in [-0.3, -0.25) is 9.69 Å². The summed E-state index contributed by atoms with van der Waals surface area (Å²) in [5.74, 6) is -0.760. The number of aliphatic carboxylic acids is 1. The van der Waals surface area contributed by atoms with Gasteiger partial charge in [-0.15, -0.1) is 0 Å². The van der Waals surface area contributed by atoms with E-state index in [4.69, 9.17) is 5.11 Å². The number of carbonyl (C=O) groups is 1. The van der Waals surface area contributed by atoms with Crippen LogP contribution in [0.15, 0.2) is 30.3 Å². The first kappa shape index (κ1) is 11.7. The van der Waals surface area contributed by atoms with E-state index in [9.17, 15) is 4.79 Å². The van der Waals surface area contributed by atoms with Crippen LogP contribution in [-0.4, -0.2) is 29.6 Å². The highest BCUT2D eigenvalue weighted by Gasteiger charge is 2.18. The third-order valence-corrected chi connectivity index (χ3v) is 2.58. The SMILES string of the molecule is CCN(C)C(CC(=O)O)c1ccccc1. The molecular formula is C12H17NO2. The predicted octanol–water partition coefficient (Wildman–Crippen LogP) is 2.15. The average molecular weight is 207 g/mol. The van der Waals surface area contributed by atoms with E-state index < -0.39 is 5.97 Å². The van der Waals surface area contributed by atoms with Gasteiger partial charge in [-0.05, 0) is 19.2 Å². The third-order valence-electron chi connectivity index (χ3n) is 2.58. The van der Waals surface area contributed by atoms with Gasteiger partial charge >= 0.3 is 5.97 Å². The fraction of sp³-hybridized carbons (Fsp3) is 0.417. The minimum Gasteiger partial charge on any atom is -0.481 e. The van der Waals surface area contributed by atoms with Gasteiger partial charge in [-0.25, -0.2) is 0 Å². The fourth-order valence-electron chi connectivity index (χ4n) is 1.59. The molecule has 15 heavy (non-hydrogen) atoms. The molecule has 0 aliphatic rings. The van der Waals surface area contributed by atoms with E-state index in [0.717, 1.165) is 12.1 Å². The Hall–Kier alpha value is -1.35. The number of nitrogens with zero attached hydrogens (tertiary/aromatic N) is 1. The molecule has 0 aromatic heterocycles. The van der Waals surface area contributed by atoms with Gasteiger partial charge in [-0.1, -0.05) is 37.3 Å². The standard InChI is InChI=1S/C12H17NO2/c1-3-13(2)11(9-12(14)15)10-7-5-4-6-8-10/h4-8,11H,3,9H2,1-2H3,(H,14,15). The van der Waals surface area contributed by atoms with Gasteiger partial charge in [0.2, 0.25) is 0 Å². The van der Waals surface area contributed by atoms with Crippen molar-refractivity contribution in [2.75, 3.05) is 13.6 Å².